The monoisotopic (exact) mass is 232 g/mol. The quantitative estimate of drug-likeness (QED) is 0.748. The smallest absolute Gasteiger partial charge is 0.408 e. The van der Waals surface area contributed by atoms with Crippen molar-refractivity contribution in [1.29, 1.82) is 0 Å². The Labute approximate surface area is 97.7 Å². The Morgan fingerprint density at radius 1 is 1.44 bits per heavy atom. The van der Waals surface area contributed by atoms with E-state index in [0.717, 1.165) is 0 Å². The van der Waals surface area contributed by atoms with Crippen LogP contribution in [0.1, 0.15) is 34.6 Å². The average molecular weight is 232 g/mol. The first-order valence-corrected chi connectivity index (χ1v) is 5.59. The Kier molecular flexibility index (Phi) is 6.36. The van der Waals surface area contributed by atoms with E-state index in [4.69, 9.17) is 15.2 Å². The van der Waals surface area contributed by atoms with E-state index >= 15 is 0 Å². The number of rotatable bonds is 5. The standard InChI is InChI=1S/C11H24N2O3/c1-6-15-7-9(8(2)12)13-10(14)16-11(3,4)5/h8-9H,6-7,12H2,1-5H3,(H,13,14)/t8-,9+/m1/s1. The van der Waals surface area contributed by atoms with Crippen molar-refractivity contribution in [2.75, 3.05) is 13.2 Å². The van der Waals surface area contributed by atoms with Crippen molar-refractivity contribution in [3.63, 3.8) is 0 Å². The van der Waals surface area contributed by atoms with Gasteiger partial charge in [-0.25, -0.2) is 4.79 Å². The van der Waals surface area contributed by atoms with Gasteiger partial charge >= 0.3 is 6.09 Å². The summed E-state index contributed by atoms with van der Waals surface area (Å²) >= 11 is 0. The maximum Gasteiger partial charge on any atom is 0.408 e. The molecule has 0 aliphatic rings. The van der Waals surface area contributed by atoms with Gasteiger partial charge in [-0.1, -0.05) is 0 Å². The Morgan fingerprint density at radius 2 is 2.00 bits per heavy atom. The molecule has 3 N–H and O–H groups in total. The van der Waals surface area contributed by atoms with Crippen molar-refractivity contribution < 1.29 is 14.3 Å². The van der Waals surface area contributed by atoms with E-state index in [2.05, 4.69) is 5.32 Å². The number of hydrogen-bond acceptors (Lipinski definition) is 4. The summed E-state index contributed by atoms with van der Waals surface area (Å²) in [6.07, 6.45) is -0.463. The third-order valence-electron chi connectivity index (χ3n) is 1.84. The van der Waals surface area contributed by atoms with E-state index in [1.165, 1.54) is 0 Å². The van der Waals surface area contributed by atoms with E-state index in [1.807, 2.05) is 34.6 Å². The Morgan fingerprint density at radius 3 is 2.38 bits per heavy atom. The summed E-state index contributed by atoms with van der Waals surface area (Å²) in [5.41, 5.74) is 5.24. The number of nitrogens with one attached hydrogen (secondary N) is 1. The molecule has 16 heavy (non-hydrogen) atoms. The van der Waals surface area contributed by atoms with Crippen LogP contribution in [-0.2, 0) is 9.47 Å². The lowest BCUT2D eigenvalue weighted by atomic mass is 10.1. The van der Waals surface area contributed by atoms with Crippen molar-refractivity contribution in [2.45, 2.75) is 52.3 Å². The zero-order valence-electron chi connectivity index (χ0n) is 10.9. The molecule has 0 heterocycles. The van der Waals surface area contributed by atoms with Crippen molar-refractivity contribution in [1.82, 2.24) is 5.32 Å². The van der Waals surface area contributed by atoms with Gasteiger partial charge in [-0.05, 0) is 34.6 Å². The summed E-state index contributed by atoms with van der Waals surface area (Å²) in [4.78, 5) is 11.5. The lowest BCUT2D eigenvalue weighted by Crippen LogP contribution is -2.50. The van der Waals surface area contributed by atoms with Crippen LogP contribution in [0, 0.1) is 0 Å². The zero-order chi connectivity index (χ0) is 12.8. The molecule has 0 radical (unpaired) electrons. The van der Waals surface area contributed by atoms with Gasteiger partial charge in [-0.15, -0.1) is 0 Å². The molecule has 2 atom stereocenters. The van der Waals surface area contributed by atoms with Crippen LogP contribution in [0.25, 0.3) is 0 Å². The van der Waals surface area contributed by atoms with Crippen LogP contribution in [-0.4, -0.2) is 37.0 Å². The molecule has 1 amide bonds. The Bertz CT molecular complexity index is 212. The number of nitrogens with two attached hydrogens (primary N) is 1. The highest BCUT2D eigenvalue weighted by Gasteiger charge is 2.21. The number of ether oxygens (including phenoxy) is 2. The minimum atomic E-state index is -0.502. The van der Waals surface area contributed by atoms with Crippen molar-refractivity contribution in [3.8, 4) is 0 Å². The predicted octanol–water partition coefficient (Wildman–Crippen LogP) is 1.26. The molecule has 0 aliphatic heterocycles. The average Bonchev–Trinajstić information content (AvgIpc) is 2.08. The zero-order valence-corrected chi connectivity index (χ0v) is 10.9. The van der Waals surface area contributed by atoms with Gasteiger partial charge in [-0.2, -0.15) is 0 Å². The van der Waals surface area contributed by atoms with Crippen LogP contribution >= 0.6 is 0 Å². The number of carbonyl (C=O) groups excluding carboxylic acids is 1. The number of carbonyl (C=O) groups is 1. The summed E-state index contributed by atoms with van der Waals surface area (Å²) in [7, 11) is 0. The highest BCUT2D eigenvalue weighted by molar-refractivity contribution is 5.68. The summed E-state index contributed by atoms with van der Waals surface area (Å²) in [6.45, 7) is 10.2. The fourth-order valence-corrected chi connectivity index (χ4v) is 1.03. The van der Waals surface area contributed by atoms with Crippen molar-refractivity contribution in [3.05, 3.63) is 0 Å². The van der Waals surface area contributed by atoms with Crippen LogP contribution in [0.5, 0.6) is 0 Å². The maximum atomic E-state index is 11.5. The minimum Gasteiger partial charge on any atom is -0.444 e. The second-order valence-electron chi connectivity index (χ2n) is 4.77. The third kappa shape index (κ3) is 7.48. The molecule has 0 aromatic heterocycles. The Hall–Kier alpha value is -0.810. The second-order valence-corrected chi connectivity index (χ2v) is 4.77. The highest BCUT2D eigenvalue weighted by atomic mass is 16.6. The molecule has 5 nitrogen and oxygen atoms in total. The molecule has 0 unspecified atom stereocenters. The van der Waals surface area contributed by atoms with Gasteiger partial charge in [0, 0.05) is 12.6 Å². The van der Waals surface area contributed by atoms with Crippen molar-refractivity contribution >= 4 is 6.09 Å². The first-order valence-electron chi connectivity index (χ1n) is 5.59. The van der Waals surface area contributed by atoms with Gasteiger partial charge in [0.05, 0.1) is 12.6 Å². The summed E-state index contributed by atoms with van der Waals surface area (Å²) in [5, 5.41) is 2.70. The van der Waals surface area contributed by atoms with Gasteiger partial charge < -0.3 is 20.5 Å². The van der Waals surface area contributed by atoms with E-state index in [1.54, 1.807) is 0 Å². The first kappa shape index (κ1) is 15.2. The highest BCUT2D eigenvalue weighted by Crippen LogP contribution is 2.07. The molecule has 0 fully saturated rings. The van der Waals surface area contributed by atoms with Gasteiger partial charge in [0.2, 0.25) is 0 Å². The first-order chi connectivity index (χ1) is 7.26. The topological polar surface area (TPSA) is 73.6 Å². The SMILES string of the molecule is CCOC[C@H](NC(=O)OC(C)(C)C)[C@@H](C)N. The van der Waals surface area contributed by atoms with Gasteiger partial charge in [0.15, 0.2) is 0 Å². The van der Waals surface area contributed by atoms with E-state index in [-0.39, 0.29) is 12.1 Å². The number of hydrogen-bond donors (Lipinski definition) is 2. The molecule has 5 heteroatoms. The lowest BCUT2D eigenvalue weighted by molar-refractivity contribution is 0.0435. The number of alkyl carbamates (subject to hydrolysis) is 1. The second kappa shape index (κ2) is 6.70. The predicted molar refractivity (Wildman–Crippen MR) is 63.3 cm³/mol. The van der Waals surface area contributed by atoms with Crippen LogP contribution < -0.4 is 11.1 Å². The summed E-state index contributed by atoms with van der Waals surface area (Å²) in [6, 6.07) is -0.408. The number of amides is 1. The molecule has 0 rings (SSSR count). The molecular formula is C11H24N2O3. The molecule has 0 bridgehead atoms. The van der Waals surface area contributed by atoms with Crippen LogP contribution in [0.15, 0.2) is 0 Å². The maximum absolute atomic E-state index is 11.5. The van der Waals surface area contributed by atoms with E-state index in [0.29, 0.717) is 13.2 Å². The van der Waals surface area contributed by atoms with Crippen LogP contribution in [0.4, 0.5) is 4.79 Å². The molecule has 0 aliphatic carbocycles. The van der Waals surface area contributed by atoms with Gasteiger partial charge in [-0.3, -0.25) is 0 Å². The fourth-order valence-electron chi connectivity index (χ4n) is 1.03. The van der Waals surface area contributed by atoms with Crippen molar-refractivity contribution in [2.24, 2.45) is 5.73 Å². The molecule has 0 aromatic carbocycles. The molecule has 0 saturated heterocycles. The summed E-state index contributed by atoms with van der Waals surface area (Å²) in [5.74, 6) is 0. The fraction of sp³-hybridized carbons (Fsp3) is 0.909. The Balaban J connectivity index is 4.13. The van der Waals surface area contributed by atoms with E-state index in [9.17, 15) is 4.79 Å². The lowest BCUT2D eigenvalue weighted by Gasteiger charge is -2.25. The molecule has 0 saturated carbocycles. The molecule has 0 spiro atoms. The largest absolute Gasteiger partial charge is 0.444 e. The normalized spacial score (nSPS) is 15.4. The van der Waals surface area contributed by atoms with E-state index < -0.39 is 11.7 Å². The molecule has 96 valence electrons. The van der Waals surface area contributed by atoms with Crippen LogP contribution in [0.2, 0.25) is 0 Å². The minimum absolute atomic E-state index is 0.181. The molecular weight excluding hydrogens is 208 g/mol. The summed E-state index contributed by atoms with van der Waals surface area (Å²) < 4.78 is 10.4. The van der Waals surface area contributed by atoms with Gasteiger partial charge in [0.25, 0.3) is 0 Å². The molecule has 0 aromatic rings. The van der Waals surface area contributed by atoms with Crippen LogP contribution in [0.3, 0.4) is 0 Å². The third-order valence-corrected chi connectivity index (χ3v) is 1.84. The van der Waals surface area contributed by atoms with Gasteiger partial charge in [0.1, 0.15) is 5.60 Å².